The maximum absolute atomic E-state index is 12.9. The number of thiazole rings is 1. The lowest BCUT2D eigenvalue weighted by molar-refractivity contribution is -0.116. The van der Waals surface area contributed by atoms with Crippen LogP contribution in [0.4, 0.5) is 9.93 Å². The molecule has 1 heterocycles. The van der Waals surface area contributed by atoms with E-state index in [0.29, 0.717) is 37.5 Å². The van der Waals surface area contributed by atoms with Crippen LogP contribution in [0, 0.1) is 0 Å². The van der Waals surface area contributed by atoms with E-state index in [2.05, 4.69) is 22.4 Å². The third kappa shape index (κ3) is 8.85. The zero-order valence-electron chi connectivity index (χ0n) is 21.4. The fourth-order valence-corrected chi connectivity index (χ4v) is 4.80. The number of anilines is 1. The molecule has 6 nitrogen and oxygen atoms in total. The van der Waals surface area contributed by atoms with Crippen LogP contribution in [0.25, 0.3) is 11.3 Å². The fourth-order valence-electron chi connectivity index (χ4n) is 4.07. The second-order valence-electron chi connectivity index (χ2n) is 9.03. The molecule has 0 fully saturated rings. The lowest BCUT2D eigenvalue weighted by Crippen LogP contribution is -2.33. The number of hydrogen-bond acceptors (Lipinski definition) is 5. The molecular weight excluding hydrogens is 494 g/mol. The lowest BCUT2D eigenvalue weighted by atomic mass is 10.1. The van der Waals surface area contributed by atoms with Gasteiger partial charge in [-0.2, -0.15) is 0 Å². The van der Waals surface area contributed by atoms with E-state index in [1.807, 2.05) is 84.2 Å². The minimum atomic E-state index is -0.317. The number of ether oxygens (including phenoxy) is 1. The number of nitrogens with zero attached hydrogens (tertiary/aromatic N) is 2. The van der Waals surface area contributed by atoms with Crippen LogP contribution >= 0.6 is 11.3 Å². The highest BCUT2D eigenvalue weighted by molar-refractivity contribution is 7.14. The molecule has 1 N–H and O–H groups in total. The van der Waals surface area contributed by atoms with Crippen molar-refractivity contribution in [1.29, 1.82) is 0 Å². The van der Waals surface area contributed by atoms with E-state index < -0.39 is 0 Å². The van der Waals surface area contributed by atoms with E-state index in [1.165, 1.54) is 16.9 Å². The molecule has 0 spiro atoms. The molecule has 0 radical (unpaired) electrons. The average molecular weight is 528 g/mol. The van der Waals surface area contributed by atoms with Gasteiger partial charge < -0.3 is 15.0 Å². The number of aromatic nitrogens is 1. The van der Waals surface area contributed by atoms with Gasteiger partial charge in [-0.3, -0.25) is 4.79 Å². The number of carbonyl (C=O) groups is 2. The second-order valence-corrected chi connectivity index (χ2v) is 9.88. The maximum atomic E-state index is 12.9. The molecular formula is C31H33N3O3S. The Hall–Kier alpha value is -3.97. The molecule has 1 aromatic heterocycles. The normalized spacial score (nSPS) is 10.6. The Labute approximate surface area is 228 Å². The number of benzene rings is 3. The van der Waals surface area contributed by atoms with Crippen LogP contribution in [-0.2, 0) is 22.6 Å². The van der Waals surface area contributed by atoms with Gasteiger partial charge in [-0.05, 0) is 36.8 Å². The summed E-state index contributed by atoms with van der Waals surface area (Å²) in [6.45, 7) is 1.40. The zero-order chi connectivity index (χ0) is 26.4. The van der Waals surface area contributed by atoms with E-state index in [-0.39, 0.29) is 18.6 Å². The molecule has 3 aromatic carbocycles. The van der Waals surface area contributed by atoms with Gasteiger partial charge in [0.25, 0.3) is 0 Å². The molecule has 38 heavy (non-hydrogen) atoms. The van der Waals surface area contributed by atoms with Gasteiger partial charge in [-0.15, -0.1) is 11.3 Å². The number of aryl methyl sites for hydroxylation is 1. The van der Waals surface area contributed by atoms with Crippen molar-refractivity contribution in [3.8, 4) is 11.3 Å². The first kappa shape index (κ1) is 27.1. The van der Waals surface area contributed by atoms with Crippen molar-refractivity contribution in [3.05, 3.63) is 108 Å². The molecule has 2 amide bonds. The van der Waals surface area contributed by atoms with Gasteiger partial charge in [0.1, 0.15) is 6.61 Å². The Morgan fingerprint density at radius 3 is 2.13 bits per heavy atom. The van der Waals surface area contributed by atoms with Gasteiger partial charge in [0.05, 0.1) is 5.69 Å². The van der Waals surface area contributed by atoms with Gasteiger partial charge in [0, 0.05) is 30.5 Å². The number of rotatable bonds is 13. The van der Waals surface area contributed by atoms with Gasteiger partial charge in [0.15, 0.2) is 5.13 Å². The van der Waals surface area contributed by atoms with Crippen molar-refractivity contribution in [3.63, 3.8) is 0 Å². The Bertz CT molecular complexity index is 1260. The Kier molecular flexibility index (Phi) is 10.5. The van der Waals surface area contributed by atoms with Crippen LogP contribution in [0.2, 0.25) is 0 Å². The molecule has 0 aliphatic rings. The first-order valence-electron chi connectivity index (χ1n) is 13.0. The number of nitrogens with one attached hydrogen (secondary N) is 1. The van der Waals surface area contributed by atoms with E-state index in [0.717, 1.165) is 29.7 Å². The van der Waals surface area contributed by atoms with Crippen LogP contribution < -0.4 is 5.32 Å². The standard InChI is InChI=1S/C31H33N3O3S/c35-29(33-30-32-28(24-38-30)27-18-8-3-9-19-27)20-10-11-21-34(22-12-17-25-13-4-1-5-14-25)31(36)37-23-26-15-6-2-7-16-26/h1-9,13-16,18-19,24H,10-12,17,20-23H2,(H,32,33,35). The van der Waals surface area contributed by atoms with Crippen LogP contribution in [0.5, 0.6) is 0 Å². The number of hydrogen-bond donors (Lipinski definition) is 1. The van der Waals surface area contributed by atoms with Crippen molar-refractivity contribution in [2.24, 2.45) is 0 Å². The zero-order valence-corrected chi connectivity index (χ0v) is 22.2. The molecule has 196 valence electrons. The highest BCUT2D eigenvalue weighted by atomic mass is 32.1. The van der Waals surface area contributed by atoms with Gasteiger partial charge >= 0.3 is 6.09 Å². The predicted octanol–water partition coefficient (Wildman–Crippen LogP) is 7.19. The summed E-state index contributed by atoms with van der Waals surface area (Å²) in [6, 6.07) is 29.8. The minimum Gasteiger partial charge on any atom is -0.445 e. The molecule has 4 rings (SSSR count). The number of carbonyl (C=O) groups excluding carboxylic acids is 2. The first-order chi connectivity index (χ1) is 18.7. The second kappa shape index (κ2) is 14.7. The summed E-state index contributed by atoms with van der Waals surface area (Å²) in [5, 5.41) is 5.44. The SMILES string of the molecule is O=C(CCCCN(CCCc1ccccc1)C(=O)OCc1ccccc1)Nc1nc(-c2ccccc2)cs1. The van der Waals surface area contributed by atoms with Crippen molar-refractivity contribution in [1.82, 2.24) is 9.88 Å². The summed E-state index contributed by atoms with van der Waals surface area (Å²) in [7, 11) is 0. The summed E-state index contributed by atoms with van der Waals surface area (Å²) in [5.41, 5.74) is 4.08. The molecule has 4 aromatic rings. The molecule has 0 aliphatic heterocycles. The highest BCUT2D eigenvalue weighted by Gasteiger charge is 2.15. The van der Waals surface area contributed by atoms with Gasteiger partial charge in [0.2, 0.25) is 5.91 Å². The molecule has 7 heteroatoms. The molecule has 0 saturated carbocycles. The smallest absolute Gasteiger partial charge is 0.410 e. The van der Waals surface area contributed by atoms with Crippen LogP contribution in [-0.4, -0.2) is 35.0 Å². The third-order valence-electron chi connectivity index (χ3n) is 6.10. The van der Waals surface area contributed by atoms with E-state index >= 15 is 0 Å². The Morgan fingerprint density at radius 2 is 1.42 bits per heavy atom. The van der Waals surface area contributed by atoms with Crippen molar-refractivity contribution < 1.29 is 14.3 Å². The monoisotopic (exact) mass is 527 g/mol. The largest absolute Gasteiger partial charge is 0.445 e. The summed E-state index contributed by atoms with van der Waals surface area (Å²) in [5.74, 6) is -0.0683. The van der Waals surface area contributed by atoms with E-state index in [9.17, 15) is 9.59 Å². The molecule has 0 bridgehead atoms. The first-order valence-corrected chi connectivity index (χ1v) is 13.9. The summed E-state index contributed by atoms with van der Waals surface area (Å²) < 4.78 is 5.59. The third-order valence-corrected chi connectivity index (χ3v) is 6.86. The quantitative estimate of drug-likeness (QED) is 0.187. The van der Waals surface area contributed by atoms with Gasteiger partial charge in [-0.1, -0.05) is 91.0 Å². The molecule has 0 unspecified atom stereocenters. The average Bonchev–Trinajstić information content (AvgIpc) is 3.43. The van der Waals surface area contributed by atoms with Crippen molar-refractivity contribution in [2.45, 2.75) is 38.7 Å². The molecule has 0 aliphatic carbocycles. The van der Waals surface area contributed by atoms with E-state index in [1.54, 1.807) is 4.90 Å². The predicted molar refractivity (Wildman–Crippen MR) is 153 cm³/mol. The minimum absolute atomic E-state index is 0.0683. The van der Waals surface area contributed by atoms with Crippen LogP contribution in [0.15, 0.2) is 96.4 Å². The number of unbranched alkanes of at least 4 members (excludes halogenated alkanes) is 1. The Morgan fingerprint density at radius 1 is 0.789 bits per heavy atom. The highest BCUT2D eigenvalue weighted by Crippen LogP contribution is 2.24. The maximum Gasteiger partial charge on any atom is 0.410 e. The van der Waals surface area contributed by atoms with E-state index in [4.69, 9.17) is 4.74 Å². The summed E-state index contributed by atoms with van der Waals surface area (Å²) >= 11 is 1.42. The fraction of sp³-hybridized carbons (Fsp3) is 0.258. The van der Waals surface area contributed by atoms with Gasteiger partial charge in [-0.25, -0.2) is 9.78 Å². The van der Waals surface area contributed by atoms with Crippen LogP contribution in [0.1, 0.15) is 36.8 Å². The van der Waals surface area contributed by atoms with Crippen LogP contribution in [0.3, 0.4) is 0 Å². The Balaban J connectivity index is 1.22. The summed E-state index contributed by atoms with van der Waals surface area (Å²) in [6.07, 6.45) is 3.18. The lowest BCUT2D eigenvalue weighted by Gasteiger charge is -2.22. The van der Waals surface area contributed by atoms with Crippen molar-refractivity contribution >= 4 is 28.5 Å². The molecule has 0 atom stereocenters. The summed E-state index contributed by atoms with van der Waals surface area (Å²) in [4.78, 5) is 31.6. The molecule has 0 saturated heterocycles. The van der Waals surface area contributed by atoms with Crippen molar-refractivity contribution in [2.75, 3.05) is 18.4 Å². The number of amides is 2. The topological polar surface area (TPSA) is 71.5 Å².